The van der Waals surface area contributed by atoms with Crippen LogP contribution in [0.5, 0.6) is 0 Å². The van der Waals surface area contributed by atoms with E-state index in [2.05, 4.69) is 5.32 Å². The number of thioether (sulfide) groups is 1. The largest absolute Gasteiger partial charge is 0.355 e. The molecule has 0 aromatic heterocycles. The molecule has 1 rings (SSSR count). The van der Waals surface area contributed by atoms with Gasteiger partial charge in [-0.1, -0.05) is 0 Å². The molecule has 1 atom stereocenters. The second-order valence-electron chi connectivity index (χ2n) is 2.96. The fourth-order valence-electron chi connectivity index (χ4n) is 1.03. The molecule has 0 saturated carbocycles. The summed E-state index contributed by atoms with van der Waals surface area (Å²) < 4.78 is 11.9. The molecule has 1 saturated heterocycles. The summed E-state index contributed by atoms with van der Waals surface area (Å²) in [6.45, 7) is 2.03. The van der Waals surface area contributed by atoms with Gasteiger partial charge in [-0.3, -0.25) is 4.79 Å². The molecule has 2 nitrogen and oxygen atoms in total. The Morgan fingerprint density at radius 2 is 2.55 bits per heavy atom. The molecule has 0 bridgehead atoms. The van der Waals surface area contributed by atoms with E-state index in [1.165, 1.54) is 11.8 Å². The van der Waals surface area contributed by atoms with Gasteiger partial charge in [0, 0.05) is 18.7 Å². The Balaban J connectivity index is 2.58. The number of carbonyl (C=O) groups is 1. The highest BCUT2D eigenvalue weighted by Crippen LogP contribution is 2.30. The first-order chi connectivity index (χ1) is 5.16. The molecule has 4 heteroatoms. The molecule has 0 radical (unpaired) electrons. The Kier molecular flexibility index (Phi) is 2.76. The van der Waals surface area contributed by atoms with Crippen LogP contribution < -0.4 is 5.32 Å². The molecule has 1 aliphatic heterocycles. The lowest BCUT2D eigenvalue weighted by Crippen LogP contribution is -2.30. The molecule has 1 N–H and O–H groups in total. The van der Waals surface area contributed by atoms with Gasteiger partial charge in [0.25, 0.3) is 0 Å². The van der Waals surface area contributed by atoms with E-state index in [9.17, 15) is 9.18 Å². The van der Waals surface area contributed by atoms with Crippen LogP contribution in [0.2, 0.25) is 0 Å². The first kappa shape index (κ1) is 8.84. The second kappa shape index (κ2) is 3.43. The van der Waals surface area contributed by atoms with Gasteiger partial charge < -0.3 is 5.32 Å². The van der Waals surface area contributed by atoms with E-state index < -0.39 is 11.4 Å². The summed E-state index contributed by atoms with van der Waals surface area (Å²) >= 11 is 1.53. The van der Waals surface area contributed by atoms with Gasteiger partial charge in [-0.05, 0) is 6.92 Å². The minimum Gasteiger partial charge on any atom is -0.355 e. The van der Waals surface area contributed by atoms with Crippen molar-refractivity contribution < 1.29 is 9.18 Å². The summed E-state index contributed by atoms with van der Waals surface area (Å²) in [7, 11) is 0. The Hall–Kier alpha value is -0.250. The molecule has 64 valence electrons. The van der Waals surface area contributed by atoms with E-state index in [0.29, 0.717) is 13.0 Å². The van der Waals surface area contributed by atoms with E-state index in [1.54, 1.807) is 6.92 Å². The normalized spacial score (nSPS) is 32.7. The predicted octanol–water partition coefficient (Wildman–Crippen LogP) is 0.968. The zero-order valence-electron chi connectivity index (χ0n) is 6.52. The van der Waals surface area contributed by atoms with Crippen molar-refractivity contribution in [2.45, 2.75) is 18.1 Å². The molecule has 1 fully saturated rings. The van der Waals surface area contributed by atoms with Crippen molar-refractivity contribution in [2.75, 3.05) is 19.0 Å². The fourth-order valence-corrected chi connectivity index (χ4v) is 2.03. The average molecular weight is 177 g/mol. The number of rotatable bonds is 1. The molecule has 0 aromatic carbocycles. The summed E-state index contributed by atoms with van der Waals surface area (Å²) in [5.74, 6) is 0.779. The monoisotopic (exact) mass is 177 g/mol. The maximum Gasteiger partial charge on any atom is 0.221 e. The second-order valence-corrected chi connectivity index (χ2v) is 4.64. The third kappa shape index (κ3) is 2.36. The minimum absolute atomic E-state index is 0.0323. The number of amides is 1. The lowest BCUT2D eigenvalue weighted by molar-refractivity contribution is -0.121. The number of alkyl halides is 1. The van der Waals surface area contributed by atoms with Crippen molar-refractivity contribution in [3.05, 3.63) is 0 Å². The Morgan fingerprint density at radius 1 is 1.82 bits per heavy atom. The third-order valence-corrected chi connectivity index (χ3v) is 3.05. The first-order valence-corrected chi connectivity index (χ1v) is 4.61. The molecule has 11 heavy (non-hydrogen) atoms. The van der Waals surface area contributed by atoms with Crippen LogP contribution in [-0.2, 0) is 4.79 Å². The minimum atomic E-state index is -0.486. The van der Waals surface area contributed by atoms with E-state index >= 15 is 0 Å². The summed E-state index contributed by atoms with van der Waals surface area (Å²) in [5, 5.41) is 2.71. The van der Waals surface area contributed by atoms with Crippen LogP contribution in [0.1, 0.15) is 13.3 Å². The topological polar surface area (TPSA) is 29.1 Å². The molecular formula is C7H12FNOS. The van der Waals surface area contributed by atoms with Crippen molar-refractivity contribution in [1.29, 1.82) is 0 Å². The average Bonchev–Trinajstić information content (AvgIpc) is 2.13. The third-order valence-electron chi connectivity index (χ3n) is 1.69. The zero-order chi connectivity index (χ0) is 8.32. The highest BCUT2D eigenvalue weighted by molar-refractivity contribution is 8.00. The van der Waals surface area contributed by atoms with Gasteiger partial charge in [-0.2, -0.15) is 11.8 Å². The number of nitrogens with one attached hydrogen (secondary N) is 1. The summed E-state index contributed by atoms with van der Waals surface area (Å²) in [4.78, 5) is 11.0. The van der Waals surface area contributed by atoms with Gasteiger partial charge >= 0.3 is 0 Å². The Bertz CT molecular complexity index is 165. The summed E-state index contributed by atoms with van der Waals surface area (Å²) in [6, 6.07) is 0. The van der Waals surface area contributed by atoms with Gasteiger partial charge in [0.2, 0.25) is 5.91 Å². The fraction of sp³-hybridized carbons (Fsp3) is 0.857. The van der Waals surface area contributed by atoms with Crippen molar-refractivity contribution in [3.8, 4) is 0 Å². The molecule has 0 aromatic rings. The summed E-state index contributed by atoms with van der Waals surface area (Å²) in [5.41, 5.74) is 0. The summed E-state index contributed by atoms with van der Waals surface area (Å²) in [6.07, 6.45) is 0.300. The van der Waals surface area contributed by atoms with Gasteiger partial charge in [0.1, 0.15) is 6.67 Å². The quantitative estimate of drug-likeness (QED) is 0.646. The van der Waals surface area contributed by atoms with E-state index in [0.717, 1.165) is 5.75 Å². The Morgan fingerprint density at radius 3 is 3.18 bits per heavy atom. The highest BCUT2D eigenvalue weighted by atomic mass is 32.2. The van der Waals surface area contributed by atoms with Crippen LogP contribution in [0.25, 0.3) is 0 Å². The van der Waals surface area contributed by atoms with Crippen molar-refractivity contribution in [2.24, 2.45) is 0 Å². The molecule has 1 amide bonds. The van der Waals surface area contributed by atoms with E-state index in [1.807, 2.05) is 0 Å². The molecule has 1 heterocycles. The van der Waals surface area contributed by atoms with Crippen molar-refractivity contribution in [1.82, 2.24) is 5.32 Å². The van der Waals surface area contributed by atoms with Gasteiger partial charge in [0.15, 0.2) is 0 Å². The molecular weight excluding hydrogens is 165 g/mol. The maximum atomic E-state index is 12.4. The molecule has 1 aliphatic rings. The van der Waals surface area contributed by atoms with Crippen LogP contribution in [0, 0.1) is 0 Å². The van der Waals surface area contributed by atoms with Crippen LogP contribution in [0.3, 0.4) is 0 Å². The van der Waals surface area contributed by atoms with Gasteiger partial charge in [-0.25, -0.2) is 4.39 Å². The number of carbonyl (C=O) groups excluding carboxylic acids is 1. The SMILES string of the molecule is CC1(CF)CC(=O)NCCS1. The number of hydrogen-bond donors (Lipinski definition) is 1. The van der Waals surface area contributed by atoms with Crippen molar-refractivity contribution >= 4 is 17.7 Å². The van der Waals surface area contributed by atoms with E-state index in [-0.39, 0.29) is 5.91 Å². The van der Waals surface area contributed by atoms with Gasteiger partial charge in [-0.15, -0.1) is 0 Å². The smallest absolute Gasteiger partial charge is 0.221 e. The first-order valence-electron chi connectivity index (χ1n) is 3.63. The van der Waals surface area contributed by atoms with Crippen molar-refractivity contribution in [3.63, 3.8) is 0 Å². The zero-order valence-corrected chi connectivity index (χ0v) is 7.34. The lowest BCUT2D eigenvalue weighted by Gasteiger charge is -2.21. The van der Waals surface area contributed by atoms with Crippen LogP contribution >= 0.6 is 11.8 Å². The van der Waals surface area contributed by atoms with Crippen LogP contribution in [-0.4, -0.2) is 29.6 Å². The standard InChI is InChI=1S/C7H12FNOS/c1-7(5-8)4-6(10)9-2-3-11-7/h2-5H2,1H3,(H,9,10). The molecule has 1 unspecified atom stereocenters. The van der Waals surface area contributed by atoms with E-state index in [4.69, 9.17) is 0 Å². The number of hydrogen-bond acceptors (Lipinski definition) is 2. The number of halogens is 1. The predicted molar refractivity (Wildman–Crippen MR) is 44.5 cm³/mol. The lowest BCUT2D eigenvalue weighted by atomic mass is 10.1. The molecule has 0 aliphatic carbocycles. The van der Waals surface area contributed by atoms with Crippen LogP contribution in [0.4, 0.5) is 4.39 Å². The Labute approximate surface area is 69.9 Å². The van der Waals surface area contributed by atoms with Crippen LogP contribution in [0.15, 0.2) is 0 Å². The maximum absolute atomic E-state index is 12.4. The molecule has 0 spiro atoms. The highest BCUT2D eigenvalue weighted by Gasteiger charge is 2.29. The van der Waals surface area contributed by atoms with Gasteiger partial charge in [0.05, 0.1) is 4.75 Å².